The standard InChI is InChI=1S/C18H20N2O4/c1-4-14(12-8-10-13(23-2)11-9-12)20-17(21)15-6-5-7-16(19-15)18(22)24-3/h5-11,14H,4H2,1-3H3,(H,20,21)/t14-/m1/s1. The first-order valence-corrected chi connectivity index (χ1v) is 7.59. The third kappa shape index (κ3) is 4.10. The molecule has 0 bridgehead atoms. The van der Waals surface area contributed by atoms with Crippen molar-refractivity contribution in [3.63, 3.8) is 0 Å². The molecule has 2 rings (SSSR count). The Labute approximate surface area is 140 Å². The van der Waals surface area contributed by atoms with Gasteiger partial charge in [-0.15, -0.1) is 0 Å². The molecule has 1 aromatic carbocycles. The molecule has 0 saturated heterocycles. The van der Waals surface area contributed by atoms with Crippen LogP contribution in [0.3, 0.4) is 0 Å². The lowest BCUT2D eigenvalue weighted by Gasteiger charge is -2.17. The van der Waals surface area contributed by atoms with Gasteiger partial charge in [0.05, 0.1) is 20.3 Å². The maximum atomic E-state index is 12.4. The minimum Gasteiger partial charge on any atom is -0.497 e. The van der Waals surface area contributed by atoms with E-state index in [4.69, 9.17) is 4.74 Å². The summed E-state index contributed by atoms with van der Waals surface area (Å²) in [6, 6.07) is 12.0. The third-order valence-electron chi connectivity index (χ3n) is 3.61. The zero-order valence-electron chi connectivity index (χ0n) is 13.9. The predicted octanol–water partition coefficient (Wildman–Crippen LogP) is 2.76. The minimum absolute atomic E-state index is 0.0997. The Morgan fingerprint density at radius 2 is 1.75 bits per heavy atom. The van der Waals surface area contributed by atoms with Crippen molar-refractivity contribution in [2.45, 2.75) is 19.4 Å². The highest BCUT2D eigenvalue weighted by Crippen LogP contribution is 2.20. The molecule has 126 valence electrons. The van der Waals surface area contributed by atoms with E-state index in [1.165, 1.54) is 13.2 Å². The lowest BCUT2D eigenvalue weighted by Crippen LogP contribution is -2.29. The van der Waals surface area contributed by atoms with E-state index in [2.05, 4.69) is 15.0 Å². The number of methoxy groups -OCH3 is 2. The summed E-state index contributed by atoms with van der Waals surface area (Å²) >= 11 is 0. The number of rotatable bonds is 6. The maximum absolute atomic E-state index is 12.4. The first-order valence-electron chi connectivity index (χ1n) is 7.59. The van der Waals surface area contributed by atoms with Crippen LogP contribution in [-0.2, 0) is 4.74 Å². The number of hydrogen-bond acceptors (Lipinski definition) is 5. The molecule has 1 heterocycles. The summed E-state index contributed by atoms with van der Waals surface area (Å²) in [7, 11) is 2.88. The second kappa shape index (κ2) is 8.10. The number of esters is 1. The zero-order chi connectivity index (χ0) is 17.5. The van der Waals surface area contributed by atoms with Gasteiger partial charge in [-0.2, -0.15) is 0 Å². The van der Waals surface area contributed by atoms with Crippen molar-refractivity contribution in [2.24, 2.45) is 0 Å². The van der Waals surface area contributed by atoms with Gasteiger partial charge in [0.1, 0.15) is 17.1 Å². The molecule has 24 heavy (non-hydrogen) atoms. The van der Waals surface area contributed by atoms with Crippen molar-refractivity contribution in [3.8, 4) is 5.75 Å². The second-order valence-corrected chi connectivity index (χ2v) is 5.11. The first-order chi connectivity index (χ1) is 11.6. The number of hydrogen-bond donors (Lipinski definition) is 1. The average Bonchev–Trinajstić information content (AvgIpc) is 2.65. The minimum atomic E-state index is -0.577. The Bertz CT molecular complexity index is 713. The van der Waals surface area contributed by atoms with Crippen LogP contribution < -0.4 is 10.1 Å². The molecule has 0 spiro atoms. The van der Waals surface area contributed by atoms with E-state index in [1.54, 1.807) is 19.2 Å². The molecule has 0 radical (unpaired) electrons. The smallest absolute Gasteiger partial charge is 0.356 e. The second-order valence-electron chi connectivity index (χ2n) is 5.11. The summed E-state index contributed by atoms with van der Waals surface area (Å²) in [6.45, 7) is 1.98. The summed E-state index contributed by atoms with van der Waals surface area (Å²) in [4.78, 5) is 28.0. The van der Waals surface area contributed by atoms with Crippen LogP contribution in [0.4, 0.5) is 0 Å². The van der Waals surface area contributed by atoms with Gasteiger partial charge >= 0.3 is 5.97 Å². The molecule has 0 aliphatic carbocycles. The van der Waals surface area contributed by atoms with Gasteiger partial charge in [-0.1, -0.05) is 25.1 Å². The zero-order valence-corrected chi connectivity index (χ0v) is 13.9. The van der Waals surface area contributed by atoms with Crippen LogP contribution in [0, 0.1) is 0 Å². The molecule has 1 aromatic heterocycles. The molecule has 6 nitrogen and oxygen atoms in total. The van der Waals surface area contributed by atoms with Gasteiger partial charge in [-0.05, 0) is 36.2 Å². The normalized spacial score (nSPS) is 11.5. The van der Waals surface area contributed by atoms with E-state index in [-0.39, 0.29) is 23.3 Å². The highest BCUT2D eigenvalue weighted by molar-refractivity contribution is 5.94. The van der Waals surface area contributed by atoms with Crippen LogP contribution >= 0.6 is 0 Å². The van der Waals surface area contributed by atoms with Crippen LogP contribution in [-0.4, -0.2) is 31.1 Å². The molecule has 0 fully saturated rings. The summed E-state index contributed by atoms with van der Waals surface area (Å²) < 4.78 is 9.76. The Balaban J connectivity index is 2.15. The Hall–Kier alpha value is -2.89. The largest absolute Gasteiger partial charge is 0.497 e. The first kappa shape index (κ1) is 17.5. The summed E-state index contributed by atoms with van der Waals surface area (Å²) in [6.07, 6.45) is 0.717. The molecule has 0 aliphatic heterocycles. The van der Waals surface area contributed by atoms with Gasteiger partial charge < -0.3 is 14.8 Å². The molecular weight excluding hydrogens is 308 g/mol. The van der Waals surface area contributed by atoms with Gasteiger partial charge in [0.2, 0.25) is 0 Å². The van der Waals surface area contributed by atoms with Gasteiger partial charge in [0.25, 0.3) is 5.91 Å². The Morgan fingerprint density at radius 3 is 2.33 bits per heavy atom. The van der Waals surface area contributed by atoms with Gasteiger partial charge in [-0.25, -0.2) is 9.78 Å². The predicted molar refractivity (Wildman–Crippen MR) is 89.1 cm³/mol. The van der Waals surface area contributed by atoms with E-state index in [0.29, 0.717) is 0 Å². The number of carbonyl (C=O) groups is 2. The van der Waals surface area contributed by atoms with Crippen molar-refractivity contribution < 1.29 is 19.1 Å². The van der Waals surface area contributed by atoms with Crippen molar-refractivity contribution in [2.75, 3.05) is 14.2 Å². The molecule has 1 N–H and O–H groups in total. The molecule has 0 saturated carbocycles. The van der Waals surface area contributed by atoms with E-state index >= 15 is 0 Å². The number of ether oxygens (including phenoxy) is 2. The van der Waals surface area contributed by atoms with E-state index < -0.39 is 5.97 Å². The van der Waals surface area contributed by atoms with Crippen molar-refractivity contribution in [3.05, 3.63) is 59.4 Å². The van der Waals surface area contributed by atoms with Crippen LogP contribution in [0.1, 0.15) is 45.9 Å². The van der Waals surface area contributed by atoms with Gasteiger partial charge in [0, 0.05) is 0 Å². The number of carbonyl (C=O) groups excluding carboxylic acids is 2. The summed E-state index contributed by atoms with van der Waals surface area (Å²) in [5.41, 5.74) is 1.24. The molecule has 0 unspecified atom stereocenters. The van der Waals surface area contributed by atoms with E-state index in [1.807, 2.05) is 31.2 Å². The Kier molecular flexibility index (Phi) is 5.89. The quantitative estimate of drug-likeness (QED) is 0.825. The third-order valence-corrected chi connectivity index (χ3v) is 3.61. The molecule has 1 amide bonds. The van der Waals surface area contributed by atoms with Crippen molar-refractivity contribution in [1.29, 1.82) is 0 Å². The van der Waals surface area contributed by atoms with Crippen LogP contribution in [0.5, 0.6) is 5.75 Å². The fourth-order valence-corrected chi connectivity index (χ4v) is 2.27. The lowest BCUT2D eigenvalue weighted by molar-refractivity contribution is 0.0594. The summed E-state index contributed by atoms with van der Waals surface area (Å²) in [5.74, 6) is -0.164. The number of benzene rings is 1. The summed E-state index contributed by atoms with van der Waals surface area (Å²) in [5, 5.41) is 2.93. The fourth-order valence-electron chi connectivity index (χ4n) is 2.27. The molecule has 0 aliphatic rings. The number of pyridine rings is 1. The topological polar surface area (TPSA) is 77.5 Å². The average molecular weight is 328 g/mol. The van der Waals surface area contributed by atoms with Crippen molar-refractivity contribution in [1.82, 2.24) is 10.3 Å². The number of aromatic nitrogens is 1. The maximum Gasteiger partial charge on any atom is 0.356 e. The molecule has 2 aromatic rings. The van der Waals surface area contributed by atoms with Gasteiger partial charge in [-0.3, -0.25) is 4.79 Å². The lowest BCUT2D eigenvalue weighted by atomic mass is 10.0. The monoisotopic (exact) mass is 328 g/mol. The van der Waals surface area contributed by atoms with Crippen LogP contribution in [0.25, 0.3) is 0 Å². The van der Waals surface area contributed by atoms with Crippen molar-refractivity contribution >= 4 is 11.9 Å². The van der Waals surface area contributed by atoms with Crippen LogP contribution in [0.2, 0.25) is 0 Å². The highest BCUT2D eigenvalue weighted by atomic mass is 16.5. The number of nitrogens with zero attached hydrogens (tertiary/aromatic N) is 1. The molecular formula is C18H20N2O4. The Morgan fingerprint density at radius 1 is 1.08 bits per heavy atom. The fraction of sp³-hybridized carbons (Fsp3) is 0.278. The highest BCUT2D eigenvalue weighted by Gasteiger charge is 2.17. The van der Waals surface area contributed by atoms with E-state index in [0.717, 1.165) is 17.7 Å². The van der Waals surface area contributed by atoms with Gasteiger partial charge in [0.15, 0.2) is 0 Å². The number of nitrogens with one attached hydrogen (secondary N) is 1. The molecule has 1 atom stereocenters. The SMILES string of the molecule is CC[C@@H](NC(=O)c1cccc(C(=O)OC)n1)c1ccc(OC)cc1. The van der Waals surface area contributed by atoms with Crippen LogP contribution in [0.15, 0.2) is 42.5 Å². The molecule has 6 heteroatoms. The van der Waals surface area contributed by atoms with E-state index in [9.17, 15) is 9.59 Å². The number of amides is 1.